The molecule has 1 saturated heterocycles. The summed E-state index contributed by atoms with van der Waals surface area (Å²) in [5.74, 6) is -1.06. The summed E-state index contributed by atoms with van der Waals surface area (Å²) < 4.78 is 51.5. The molecule has 3 aromatic rings. The van der Waals surface area contributed by atoms with Crippen LogP contribution in [-0.2, 0) is 11.4 Å². The largest absolute Gasteiger partial charge is 0.489 e. The molecule has 0 bridgehead atoms. The second-order valence-corrected chi connectivity index (χ2v) is 8.32. The average molecular weight is 483 g/mol. The molecule has 35 heavy (non-hydrogen) atoms. The van der Waals surface area contributed by atoms with Crippen LogP contribution in [0.3, 0.4) is 0 Å². The standard InChI is InChI=1S/C27H24F3NO4/c1-18-13-24(34-17-19-5-3-2-4-6-19)11-12-25(18)35-23-9-7-21(8-10-23)31-16-20(27(28,29)30)14-22(31)15-26(32)33/h2-13,15,20H,14,16-17H2,1H3,(H,32,33)/b22-15+/t20-/m0/s1. The highest BCUT2D eigenvalue weighted by molar-refractivity contribution is 5.82. The van der Waals surface area contributed by atoms with E-state index in [-0.39, 0.29) is 18.7 Å². The normalized spacial score (nSPS) is 17.0. The third-order valence-corrected chi connectivity index (χ3v) is 5.73. The fourth-order valence-corrected chi connectivity index (χ4v) is 3.92. The van der Waals surface area contributed by atoms with Gasteiger partial charge in [-0.3, -0.25) is 0 Å². The summed E-state index contributed by atoms with van der Waals surface area (Å²) in [6.07, 6.45) is -3.93. The van der Waals surface area contributed by atoms with Crippen molar-refractivity contribution in [1.82, 2.24) is 0 Å². The highest BCUT2D eigenvalue weighted by Crippen LogP contribution is 2.41. The fraction of sp³-hybridized carbons (Fsp3) is 0.222. The Hall–Kier alpha value is -3.94. The van der Waals surface area contributed by atoms with E-state index in [4.69, 9.17) is 14.6 Å². The second-order valence-electron chi connectivity index (χ2n) is 8.32. The third kappa shape index (κ3) is 6.15. The van der Waals surface area contributed by atoms with Gasteiger partial charge in [-0.15, -0.1) is 0 Å². The number of carbonyl (C=O) groups is 1. The molecule has 0 amide bonds. The number of halogens is 3. The van der Waals surface area contributed by atoms with Crippen molar-refractivity contribution in [3.63, 3.8) is 0 Å². The Bertz CT molecular complexity index is 1210. The van der Waals surface area contributed by atoms with Crippen molar-refractivity contribution in [3.8, 4) is 17.2 Å². The number of aliphatic carboxylic acids is 1. The number of hydrogen-bond donors (Lipinski definition) is 1. The van der Waals surface area contributed by atoms with Crippen LogP contribution in [0.4, 0.5) is 18.9 Å². The van der Waals surface area contributed by atoms with Gasteiger partial charge < -0.3 is 19.5 Å². The van der Waals surface area contributed by atoms with E-state index < -0.39 is 18.1 Å². The summed E-state index contributed by atoms with van der Waals surface area (Å²) >= 11 is 0. The fourth-order valence-electron chi connectivity index (χ4n) is 3.92. The number of carboxylic acid groups (broad SMARTS) is 1. The molecule has 1 heterocycles. The zero-order valence-corrected chi connectivity index (χ0v) is 19.0. The molecule has 182 valence electrons. The number of allylic oxidation sites excluding steroid dienone is 1. The minimum atomic E-state index is -4.40. The number of nitrogens with zero attached hydrogens (tertiary/aromatic N) is 1. The molecule has 0 saturated carbocycles. The van der Waals surface area contributed by atoms with Crippen LogP contribution in [0.2, 0.25) is 0 Å². The van der Waals surface area contributed by atoms with E-state index in [0.29, 0.717) is 29.5 Å². The molecule has 4 rings (SSSR count). The summed E-state index contributed by atoms with van der Waals surface area (Å²) in [6.45, 7) is 2.02. The first-order valence-electron chi connectivity index (χ1n) is 11.0. The van der Waals surface area contributed by atoms with Crippen LogP contribution in [0.25, 0.3) is 0 Å². The lowest BCUT2D eigenvalue weighted by molar-refractivity contribution is -0.167. The van der Waals surface area contributed by atoms with Crippen molar-refractivity contribution in [2.45, 2.75) is 26.1 Å². The molecule has 1 atom stereocenters. The first-order chi connectivity index (χ1) is 16.7. The molecule has 0 spiro atoms. The number of benzene rings is 3. The van der Waals surface area contributed by atoms with Gasteiger partial charge in [0.2, 0.25) is 0 Å². The van der Waals surface area contributed by atoms with E-state index in [1.54, 1.807) is 30.3 Å². The van der Waals surface area contributed by atoms with Crippen molar-refractivity contribution in [2.75, 3.05) is 11.4 Å². The van der Waals surface area contributed by atoms with Gasteiger partial charge in [0.25, 0.3) is 0 Å². The predicted octanol–water partition coefficient (Wildman–Crippen LogP) is 6.72. The maximum absolute atomic E-state index is 13.2. The number of rotatable bonds is 7. The molecular formula is C27H24F3NO4. The van der Waals surface area contributed by atoms with Crippen molar-refractivity contribution in [1.29, 1.82) is 0 Å². The Balaban J connectivity index is 1.44. The molecule has 3 aromatic carbocycles. The van der Waals surface area contributed by atoms with Crippen LogP contribution in [0, 0.1) is 12.8 Å². The number of carboxylic acids is 1. The Morgan fingerprint density at radius 3 is 2.37 bits per heavy atom. The lowest BCUT2D eigenvalue weighted by Crippen LogP contribution is -2.27. The van der Waals surface area contributed by atoms with Gasteiger partial charge in [-0.25, -0.2) is 4.79 Å². The zero-order chi connectivity index (χ0) is 25.0. The number of aryl methyl sites for hydroxylation is 1. The monoisotopic (exact) mass is 483 g/mol. The van der Waals surface area contributed by atoms with Crippen LogP contribution in [0.1, 0.15) is 17.5 Å². The van der Waals surface area contributed by atoms with Crippen LogP contribution in [0.5, 0.6) is 17.2 Å². The Morgan fingerprint density at radius 1 is 1.06 bits per heavy atom. The summed E-state index contributed by atoms with van der Waals surface area (Å²) in [6, 6.07) is 21.8. The minimum Gasteiger partial charge on any atom is -0.489 e. The highest BCUT2D eigenvalue weighted by atomic mass is 19.4. The van der Waals surface area contributed by atoms with E-state index in [1.165, 1.54) is 4.90 Å². The molecule has 1 fully saturated rings. The number of anilines is 1. The van der Waals surface area contributed by atoms with Crippen LogP contribution in [-0.4, -0.2) is 23.8 Å². The average Bonchev–Trinajstić information content (AvgIpc) is 3.24. The third-order valence-electron chi connectivity index (χ3n) is 5.73. The lowest BCUT2D eigenvalue weighted by atomic mass is 10.1. The van der Waals surface area contributed by atoms with Gasteiger partial charge in [0, 0.05) is 30.4 Å². The van der Waals surface area contributed by atoms with Crippen molar-refractivity contribution >= 4 is 11.7 Å². The quantitative estimate of drug-likeness (QED) is 0.378. The van der Waals surface area contributed by atoms with Crippen LogP contribution < -0.4 is 14.4 Å². The van der Waals surface area contributed by atoms with Gasteiger partial charge in [0.15, 0.2) is 0 Å². The second kappa shape index (κ2) is 10.1. The van der Waals surface area contributed by atoms with Gasteiger partial charge in [-0.2, -0.15) is 13.2 Å². The Morgan fingerprint density at radius 2 is 1.74 bits per heavy atom. The summed E-state index contributed by atoms with van der Waals surface area (Å²) in [7, 11) is 0. The molecule has 1 N–H and O–H groups in total. The molecule has 0 aromatic heterocycles. The van der Waals surface area contributed by atoms with E-state index in [0.717, 1.165) is 17.2 Å². The molecule has 0 unspecified atom stereocenters. The predicted molar refractivity (Wildman–Crippen MR) is 126 cm³/mol. The van der Waals surface area contributed by atoms with Crippen molar-refractivity contribution in [3.05, 3.63) is 95.7 Å². The van der Waals surface area contributed by atoms with Crippen LogP contribution >= 0.6 is 0 Å². The van der Waals surface area contributed by atoms with E-state index in [2.05, 4.69) is 0 Å². The number of hydrogen-bond acceptors (Lipinski definition) is 4. The Labute approximate surface area is 201 Å². The highest BCUT2D eigenvalue weighted by Gasteiger charge is 2.45. The van der Waals surface area contributed by atoms with Crippen molar-refractivity contribution in [2.24, 2.45) is 5.92 Å². The van der Waals surface area contributed by atoms with E-state index in [1.807, 2.05) is 49.4 Å². The van der Waals surface area contributed by atoms with E-state index >= 15 is 0 Å². The van der Waals surface area contributed by atoms with Gasteiger partial charge >= 0.3 is 12.1 Å². The summed E-state index contributed by atoms with van der Waals surface area (Å²) in [5, 5.41) is 9.06. The summed E-state index contributed by atoms with van der Waals surface area (Å²) in [4.78, 5) is 12.5. The summed E-state index contributed by atoms with van der Waals surface area (Å²) in [5.41, 5.74) is 2.51. The molecule has 5 nitrogen and oxygen atoms in total. The maximum Gasteiger partial charge on any atom is 0.393 e. The van der Waals surface area contributed by atoms with Crippen LogP contribution in [0.15, 0.2) is 84.6 Å². The molecular weight excluding hydrogens is 459 g/mol. The van der Waals surface area contributed by atoms with Gasteiger partial charge in [-0.1, -0.05) is 30.3 Å². The SMILES string of the molecule is Cc1cc(OCc2ccccc2)ccc1Oc1ccc(N2C[C@@H](C(F)(F)F)C/C2=C\C(=O)O)cc1. The zero-order valence-electron chi connectivity index (χ0n) is 19.0. The van der Waals surface area contributed by atoms with Gasteiger partial charge in [0.05, 0.1) is 5.92 Å². The molecule has 1 aliphatic heterocycles. The molecule has 1 aliphatic rings. The molecule has 8 heteroatoms. The molecule has 0 aliphatic carbocycles. The van der Waals surface area contributed by atoms with Gasteiger partial charge in [-0.05, 0) is 60.5 Å². The topological polar surface area (TPSA) is 59.0 Å². The number of alkyl halides is 3. The molecule has 0 radical (unpaired) electrons. The van der Waals surface area contributed by atoms with Gasteiger partial charge in [0.1, 0.15) is 23.9 Å². The van der Waals surface area contributed by atoms with Crippen molar-refractivity contribution < 1.29 is 32.5 Å². The maximum atomic E-state index is 13.2. The Kier molecular flexibility index (Phi) is 7.00. The minimum absolute atomic E-state index is 0.121. The first kappa shape index (κ1) is 24.2. The lowest BCUT2D eigenvalue weighted by Gasteiger charge is -2.21. The first-order valence-corrected chi connectivity index (χ1v) is 11.0. The van der Waals surface area contributed by atoms with E-state index in [9.17, 15) is 18.0 Å². The number of ether oxygens (including phenoxy) is 2. The smallest absolute Gasteiger partial charge is 0.393 e.